The number of aliphatic hydroxyl groups excluding tert-OH is 2. The number of amides is 1. The second kappa shape index (κ2) is 4.91. The fourth-order valence-electron chi connectivity index (χ4n) is 1.03. The minimum atomic E-state index is -1.08. The van der Waals surface area contributed by atoms with E-state index in [9.17, 15) is 9.59 Å². The first-order valence-electron chi connectivity index (χ1n) is 4.74. The van der Waals surface area contributed by atoms with E-state index in [1.807, 2.05) is 0 Å². The Hall–Kier alpha value is -1.66. The van der Waals surface area contributed by atoms with Crippen molar-refractivity contribution in [3.05, 3.63) is 34.2 Å². The van der Waals surface area contributed by atoms with Crippen LogP contribution in [0.4, 0.5) is 0 Å². The first kappa shape index (κ1) is 12.4. The van der Waals surface area contributed by atoms with Crippen LogP contribution in [0.15, 0.2) is 23.1 Å². The monoisotopic (exact) mass is 226 g/mol. The van der Waals surface area contributed by atoms with Gasteiger partial charge in [0.2, 0.25) is 5.56 Å². The molecule has 0 saturated heterocycles. The van der Waals surface area contributed by atoms with E-state index < -0.39 is 11.4 Å². The van der Waals surface area contributed by atoms with Crippen LogP contribution in [0.3, 0.4) is 0 Å². The molecule has 0 aliphatic rings. The van der Waals surface area contributed by atoms with E-state index in [1.165, 1.54) is 25.3 Å². The summed E-state index contributed by atoms with van der Waals surface area (Å²) in [7, 11) is 0. The average molecular weight is 226 g/mol. The Balaban J connectivity index is 2.80. The van der Waals surface area contributed by atoms with Gasteiger partial charge in [0, 0.05) is 12.3 Å². The number of rotatable bonds is 4. The quantitative estimate of drug-likeness (QED) is 0.520. The van der Waals surface area contributed by atoms with Crippen molar-refractivity contribution in [2.24, 2.45) is 0 Å². The molecule has 1 aromatic heterocycles. The number of aromatic nitrogens is 1. The number of H-pyrrole nitrogens is 1. The first-order chi connectivity index (χ1) is 7.50. The maximum absolute atomic E-state index is 11.6. The molecule has 1 heterocycles. The minimum absolute atomic E-state index is 0.257. The van der Waals surface area contributed by atoms with Gasteiger partial charge in [-0.05, 0) is 13.0 Å². The fraction of sp³-hybridized carbons (Fsp3) is 0.400. The van der Waals surface area contributed by atoms with Crippen molar-refractivity contribution in [2.45, 2.75) is 12.5 Å². The molecule has 6 heteroatoms. The van der Waals surface area contributed by atoms with Gasteiger partial charge in [0.15, 0.2) is 0 Å². The van der Waals surface area contributed by atoms with Gasteiger partial charge in [0.05, 0.1) is 24.3 Å². The Bertz CT molecular complexity index is 403. The van der Waals surface area contributed by atoms with E-state index in [0.29, 0.717) is 0 Å². The Kier molecular flexibility index (Phi) is 3.81. The molecule has 0 aliphatic carbocycles. The van der Waals surface area contributed by atoms with Gasteiger partial charge in [-0.15, -0.1) is 0 Å². The second-order valence-electron chi connectivity index (χ2n) is 3.77. The summed E-state index contributed by atoms with van der Waals surface area (Å²) in [6.45, 7) is 0.758. The predicted molar refractivity (Wildman–Crippen MR) is 57.1 cm³/mol. The molecule has 16 heavy (non-hydrogen) atoms. The highest BCUT2D eigenvalue weighted by atomic mass is 16.3. The van der Waals surface area contributed by atoms with Crippen LogP contribution in [0.5, 0.6) is 0 Å². The number of carbonyl (C=O) groups excluding carboxylic acids is 1. The van der Waals surface area contributed by atoms with E-state index in [4.69, 9.17) is 10.2 Å². The van der Waals surface area contributed by atoms with Crippen molar-refractivity contribution in [1.29, 1.82) is 0 Å². The molecule has 1 aromatic rings. The van der Waals surface area contributed by atoms with Gasteiger partial charge in [-0.2, -0.15) is 0 Å². The Morgan fingerprint density at radius 2 is 2.06 bits per heavy atom. The molecular formula is C10H14N2O4. The number of hydrogen-bond acceptors (Lipinski definition) is 4. The van der Waals surface area contributed by atoms with Crippen molar-refractivity contribution >= 4 is 5.91 Å². The minimum Gasteiger partial charge on any atom is -0.394 e. The molecule has 0 unspecified atom stereocenters. The van der Waals surface area contributed by atoms with Gasteiger partial charge >= 0.3 is 0 Å². The molecule has 0 atom stereocenters. The zero-order chi connectivity index (χ0) is 12.2. The third-order valence-electron chi connectivity index (χ3n) is 2.16. The molecule has 0 saturated carbocycles. The summed E-state index contributed by atoms with van der Waals surface area (Å²) in [5, 5.41) is 20.5. The van der Waals surface area contributed by atoms with Crippen LogP contribution >= 0.6 is 0 Å². The standard InChI is InChI=1S/C10H14N2O4/c1-10(5-13,6-14)12-9(16)7-2-3-8(15)11-4-7/h2-4,13-14H,5-6H2,1H3,(H,11,15)(H,12,16). The van der Waals surface area contributed by atoms with Gasteiger partial charge < -0.3 is 20.5 Å². The smallest absolute Gasteiger partial charge is 0.253 e. The van der Waals surface area contributed by atoms with Gasteiger partial charge in [-0.25, -0.2) is 0 Å². The van der Waals surface area contributed by atoms with E-state index >= 15 is 0 Å². The molecule has 0 aromatic carbocycles. The lowest BCUT2D eigenvalue weighted by atomic mass is 10.0. The van der Waals surface area contributed by atoms with E-state index in [1.54, 1.807) is 0 Å². The average Bonchev–Trinajstić information content (AvgIpc) is 2.29. The number of aliphatic hydroxyl groups is 2. The summed E-state index contributed by atoms with van der Waals surface area (Å²) in [6, 6.07) is 2.59. The predicted octanol–water partition coefficient (Wildman–Crippen LogP) is -1.15. The summed E-state index contributed by atoms with van der Waals surface area (Å²) in [6.07, 6.45) is 1.27. The molecule has 0 radical (unpaired) electrons. The number of hydrogen-bond donors (Lipinski definition) is 4. The van der Waals surface area contributed by atoms with Crippen LogP contribution in [0, 0.1) is 0 Å². The topological polar surface area (TPSA) is 102 Å². The van der Waals surface area contributed by atoms with Gasteiger partial charge in [0.25, 0.3) is 5.91 Å². The molecule has 88 valence electrons. The molecule has 1 amide bonds. The third-order valence-corrected chi connectivity index (χ3v) is 2.16. The molecule has 6 nitrogen and oxygen atoms in total. The van der Waals surface area contributed by atoms with Gasteiger partial charge in [0.1, 0.15) is 0 Å². The summed E-state index contributed by atoms with van der Waals surface area (Å²) in [5.41, 5.74) is -1.12. The van der Waals surface area contributed by atoms with E-state index in [2.05, 4.69) is 10.3 Å². The highest BCUT2D eigenvalue weighted by molar-refractivity contribution is 5.94. The van der Waals surface area contributed by atoms with Crippen molar-refractivity contribution < 1.29 is 15.0 Å². The van der Waals surface area contributed by atoms with Crippen molar-refractivity contribution in [1.82, 2.24) is 10.3 Å². The molecule has 0 fully saturated rings. The maximum atomic E-state index is 11.6. The van der Waals surface area contributed by atoms with Crippen LogP contribution < -0.4 is 10.9 Å². The summed E-state index contributed by atoms with van der Waals surface area (Å²) < 4.78 is 0. The first-order valence-corrected chi connectivity index (χ1v) is 4.74. The summed E-state index contributed by atoms with van der Waals surface area (Å²) in [5.74, 6) is -0.471. The zero-order valence-electron chi connectivity index (χ0n) is 8.86. The highest BCUT2D eigenvalue weighted by Crippen LogP contribution is 2.03. The molecule has 0 bridgehead atoms. The fourth-order valence-corrected chi connectivity index (χ4v) is 1.03. The van der Waals surface area contributed by atoms with Crippen LogP contribution in [-0.2, 0) is 0 Å². The SMILES string of the molecule is CC(CO)(CO)NC(=O)c1ccc(=O)[nH]c1. The number of carbonyl (C=O) groups is 1. The highest BCUT2D eigenvalue weighted by Gasteiger charge is 2.24. The van der Waals surface area contributed by atoms with Gasteiger partial charge in [-0.3, -0.25) is 9.59 Å². The maximum Gasteiger partial charge on any atom is 0.253 e. The molecular weight excluding hydrogens is 212 g/mol. The number of nitrogens with one attached hydrogen (secondary N) is 2. The summed E-state index contributed by atoms with van der Waals surface area (Å²) in [4.78, 5) is 24.8. The zero-order valence-corrected chi connectivity index (χ0v) is 8.86. The van der Waals surface area contributed by atoms with Gasteiger partial charge in [-0.1, -0.05) is 0 Å². The van der Waals surface area contributed by atoms with Crippen molar-refractivity contribution in [2.75, 3.05) is 13.2 Å². The lowest BCUT2D eigenvalue weighted by Gasteiger charge is -2.26. The lowest BCUT2D eigenvalue weighted by Crippen LogP contribution is -2.51. The largest absolute Gasteiger partial charge is 0.394 e. The molecule has 0 spiro atoms. The van der Waals surface area contributed by atoms with Crippen molar-refractivity contribution in [3.8, 4) is 0 Å². The van der Waals surface area contributed by atoms with Crippen LogP contribution in [0.25, 0.3) is 0 Å². The van der Waals surface area contributed by atoms with Crippen molar-refractivity contribution in [3.63, 3.8) is 0 Å². The lowest BCUT2D eigenvalue weighted by molar-refractivity contribution is 0.0723. The number of pyridine rings is 1. The third kappa shape index (κ3) is 2.91. The summed E-state index contributed by atoms with van der Waals surface area (Å²) >= 11 is 0. The molecule has 4 N–H and O–H groups in total. The normalized spacial score (nSPS) is 11.2. The van der Waals surface area contributed by atoms with Crippen LogP contribution in [-0.4, -0.2) is 39.9 Å². The Morgan fingerprint density at radius 1 is 1.44 bits per heavy atom. The van der Waals surface area contributed by atoms with E-state index in [0.717, 1.165) is 0 Å². The number of aromatic amines is 1. The second-order valence-corrected chi connectivity index (χ2v) is 3.77. The Labute approximate surface area is 91.9 Å². The Morgan fingerprint density at radius 3 is 2.50 bits per heavy atom. The van der Waals surface area contributed by atoms with E-state index in [-0.39, 0.29) is 24.3 Å². The van der Waals surface area contributed by atoms with Crippen LogP contribution in [0.1, 0.15) is 17.3 Å². The molecule has 0 aliphatic heterocycles. The molecule has 1 rings (SSSR count). The van der Waals surface area contributed by atoms with Crippen LogP contribution in [0.2, 0.25) is 0 Å².